The van der Waals surface area contributed by atoms with E-state index in [-0.39, 0.29) is 11.8 Å². The van der Waals surface area contributed by atoms with Crippen molar-refractivity contribution >= 4 is 17.0 Å². The van der Waals surface area contributed by atoms with Crippen molar-refractivity contribution in [3.05, 3.63) is 12.3 Å². The second-order valence-electron chi connectivity index (χ2n) is 5.39. The number of halogens is 1. The number of nitrogen functional groups attached to an aromatic ring is 1. The summed E-state index contributed by atoms with van der Waals surface area (Å²) in [5.41, 5.74) is 4.16. The summed E-state index contributed by atoms with van der Waals surface area (Å²) >= 11 is 0. The summed E-state index contributed by atoms with van der Waals surface area (Å²) in [5, 5.41) is 20.1. The molecule has 3 heterocycles. The monoisotopic (exact) mass is 312 g/mol. The lowest BCUT2D eigenvalue weighted by molar-refractivity contribution is -0.0889. The quantitative estimate of drug-likeness (QED) is 0.730. The first-order valence-electron chi connectivity index (χ1n) is 6.71. The summed E-state index contributed by atoms with van der Waals surface area (Å²) in [6, 6.07) is 1.66. The highest BCUT2D eigenvalue weighted by molar-refractivity contribution is 5.82. The summed E-state index contributed by atoms with van der Waals surface area (Å²) in [5.74, 6) is 0.256. The van der Waals surface area contributed by atoms with Gasteiger partial charge in [-0.2, -0.15) is 9.97 Å². The zero-order chi connectivity index (χ0) is 16.1. The molecule has 0 amide bonds. The molecule has 0 saturated carbocycles. The Hall–Kier alpha value is -1.97. The number of aliphatic hydroxyl groups is 2. The van der Waals surface area contributed by atoms with Crippen molar-refractivity contribution in [2.24, 2.45) is 0 Å². The van der Waals surface area contributed by atoms with Gasteiger partial charge < -0.3 is 30.0 Å². The number of hydrogen-bond acceptors (Lipinski definition) is 7. The number of nitrogens with two attached hydrogens (primary N) is 1. The van der Waals surface area contributed by atoms with Crippen LogP contribution in [-0.4, -0.2) is 56.3 Å². The van der Waals surface area contributed by atoms with E-state index < -0.39 is 30.7 Å². The summed E-state index contributed by atoms with van der Waals surface area (Å²) < 4.78 is 26.2. The van der Waals surface area contributed by atoms with Gasteiger partial charge in [-0.15, -0.1) is 0 Å². The average Bonchev–Trinajstić information content (AvgIpc) is 2.98. The Labute approximate surface area is 125 Å². The Morgan fingerprint density at radius 3 is 2.86 bits per heavy atom. The number of ether oxygens (including phenoxy) is 2. The molecule has 0 radical (unpaired) electrons. The smallest absolute Gasteiger partial charge is 0.227 e. The van der Waals surface area contributed by atoms with Crippen molar-refractivity contribution in [2.45, 2.75) is 31.0 Å². The van der Waals surface area contributed by atoms with E-state index in [9.17, 15) is 14.6 Å². The first-order valence-corrected chi connectivity index (χ1v) is 6.71. The predicted octanol–water partition coefficient (Wildman–Crippen LogP) is 0.000900. The molecule has 2 aromatic rings. The number of hydrogen-bond donors (Lipinski definition) is 3. The first kappa shape index (κ1) is 14.9. The zero-order valence-corrected chi connectivity index (χ0v) is 12.1. The Kier molecular flexibility index (Phi) is 3.42. The van der Waals surface area contributed by atoms with Gasteiger partial charge in [0.15, 0.2) is 18.0 Å². The highest BCUT2D eigenvalue weighted by atomic mass is 19.1. The molecule has 0 aliphatic carbocycles. The second-order valence-corrected chi connectivity index (χ2v) is 5.39. The van der Waals surface area contributed by atoms with Crippen molar-refractivity contribution in [3.63, 3.8) is 0 Å². The summed E-state index contributed by atoms with van der Waals surface area (Å²) in [6.07, 6.45) is -2.33. The Bertz CT molecular complexity index is 705. The molecule has 1 aliphatic rings. The molecule has 0 unspecified atom stereocenters. The molecule has 0 bridgehead atoms. The Morgan fingerprint density at radius 2 is 2.27 bits per heavy atom. The van der Waals surface area contributed by atoms with Gasteiger partial charge in [0.2, 0.25) is 11.8 Å². The van der Waals surface area contributed by atoms with Gasteiger partial charge in [0.25, 0.3) is 0 Å². The summed E-state index contributed by atoms with van der Waals surface area (Å²) in [7, 11) is 1.44. The molecule has 3 rings (SSSR count). The number of anilines is 1. The maximum atomic E-state index is 14.2. The zero-order valence-electron chi connectivity index (χ0n) is 12.1. The van der Waals surface area contributed by atoms with Gasteiger partial charge in [-0.3, -0.25) is 0 Å². The second kappa shape index (κ2) is 5.04. The molecule has 9 heteroatoms. The Morgan fingerprint density at radius 1 is 1.55 bits per heavy atom. The number of alkyl halides is 1. The predicted molar refractivity (Wildman–Crippen MR) is 75.0 cm³/mol. The summed E-state index contributed by atoms with van der Waals surface area (Å²) in [4.78, 5) is 8.06. The molecule has 1 fully saturated rings. The maximum absolute atomic E-state index is 14.2. The van der Waals surface area contributed by atoms with Crippen LogP contribution < -0.4 is 10.5 Å². The van der Waals surface area contributed by atoms with Crippen LogP contribution in [0.2, 0.25) is 0 Å². The molecule has 1 saturated heterocycles. The molecule has 4 atom stereocenters. The van der Waals surface area contributed by atoms with Gasteiger partial charge >= 0.3 is 0 Å². The van der Waals surface area contributed by atoms with Gasteiger partial charge in [0, 0.05) is 6.20 Å². The van der Waals surface area contributed by atoms with Crippen LogP contribution in [0.25, 0.3) is 11.0 Å². The lowest BCUT2D eigenvalue weighted by Gasteiger charge is -2.26. The molecule has 0 spiro atoms. The van der Waals surface area contributed by atoms with E-state index in [4.69, 9.17) is 15.2 Å². The molecule has 120 valence electrons. The van der Waals surface area contributed by atoms with Gasteiger partial charge in [-0.25, -0.2) is 4.39 Å². The van der Waals surface area contributed by atoms with E-state index >= 15 is 0 Å². The fraction of sp³-hybridized carbons (Fsp3) is 0.538. The van der Waals surface area contributed by atoms with Crippen LogP contribution in [0.5, 0.6) is 5.88 Å². The van der Waals surface area contributed by atoms with E-state index in [2.05, 4.69) is 9.97 Å². The number of rotatable bonds is 3. The van der Waals surface area contributed by atoms with Crippen molar-refractivity contribution < 1.29 is 24.1 Å². The van der Waals surface area contributed by atoms with E-state index in [1.165, 1.54) is 18.6 Å². The number of aromatic nitrogens is 3. The van der Waals surface area contributed by atoms with E-state index in [1.807, 2.05) is 0 Å². The minimum atomic E-state index is -1.83. The van der Waals surface area contributed by atoms with Crippen LogP contribution in [0.15, 0.2) is 12.3 Å². The third-order valence-corrected chi connectivity index (χ3v) is 3.87. The van der Waals surface area contributed by atoms with Gasteiger partial charge in [0.05, 0.1) is 19.1 Å². The van der Waals surface area contributed by atoms with E-state index in [1.54, 1.807) is 12.3 Å². The van der Waals surface area contributed by atoms with Crippen LogP contribution in [-0.2, 0) is 4.74 Å². The lowest BCUT2D eigenvalue weighted by atomic mass is 9.98. The number of aliphatic hydroxyl groups excluding tert-OH is 1. The third-order valence-electron chi connectivity index (χ3n) is 3.87. The van der Waals surface area contributed by atoms with E-state index in [0.29, 0.717) is 11.0 Å². The molecular weight excluding hydrogens is 295 g/mol. The minimum absolute atomic E-state index is 0.0163. The van der Waals surface area contributed by atoms with E-state index in [0.717, 1.165) is 0 Å². The van der Waals surface area contributed by atoms with Gasteiger partial charge in [0.1, 0.15) is 11.7 Å². The maximum Gasteiger partial charge on any atom is 0.227 e. The highest BCUT2D eigenvalue weighted by Crippen LogP contribution is 2.41. The van der Waals surface area contributed by atoms with Crippen LogP contribution in [0.3, 0.4) is 0 Å². The minimum Gasteiger partial charge on any atom is -0.480 e. The molecule has 4 N–H and O–H groups in total. The SMILES string of the molecule is COc1nc(N)nc2c1ccn2[C@@H]1O[C@H](CO)[C@@H](F)[C@@]1(C)O. The van der Waals surface area contributed by atoms with Gasteiger partial charge in [-0.05, 0) is 13.0 Å². The molecular formula is C13H17FN4O4. The Balaban J connectivity index is 2.13. The van der Waals surface area contributed by atoms with Gasteiger partial charge in [-0.1, -0.05) is 0 Å². The summed E-state index contributed by atoms with van der Waals surface area (Å²) in [6.45, 7) is 0.777. The van der Waals surface area contributed by atoms with Crippen LogP contribution in [0.4, 0.5) is 10.3 Å². The van der Waals surface area contributed by atoms with Crippen molar-refractivity contribution in [1.29, 1.82) is 0 Å². The van der Waals surface area contributed by atoms with Crippen molar-refractivity contribution in [2.75, 3.05) is 19.5 Å². The standard InChI is InChI=1S/C13H17FN4O4/c1-13(20)8(14)7(5-19)22-11(13)18-4-3-6-9(18)16-12(15)17-10(6)21-2/h3-4,7-8,11,19-20H,5H2,1-2H3,(H2,15,16,17)/t7-,8-,11-,13-/m1/s1. The molecule has 22 heavy (non-hydrogen) atoms. The fourth-order valence-corrected chi connectivity index (χ4v) is 2.73. The fourth-order valence-electron chi connectivity index (χ4n) is 2.73. The third kappa shape index (κ3) is 2.01. The normalized spacial score (nSPS) is 31.8. The van der Waals surface area contributed by atoms with Crippen LogP contribution >= 0.6 is 0 Å². The molecule has 8 nitrogen and oxygen atoms in total. The highest BCUT2D eigenvalue weighted by Gasteiger charge is 2.54. The van der Waals surface area contributed by atoms with Crippen molar-refractivity contribution in [1.82, 2.24) is 14.5 Å². The molecule has 2 aromatic heterocycles. The van der Waals surface area contributed by atoms with Crippen molar-refractivity contribution in [3.8, 4) is 5.88 Å². The number of fused-ring (bicyclic) bond motifs is 1. The molecule has 0 aromatic carbocycles. The average molecular weight is 312 g/mol. The van der Waals surface area contributed by atoms with Crippen LogP contribution in [0, 0.1) is 0 Å². The number of nitrogens with zero attached hydrogens (tertiary/aromatic N) is 3. The van der Waals surface area contributed by atoms with Crippen LogP contribution in [0.1, 0.15) is 13.2 Å². The topological polar surface area (TPSA) is 116 Å². The molecule has 1 aliphatic heterocycles. The lowest BCUT2D eigenvalue weighted by Crippen LogP contribution is -2.41. The number of methoxy groups -OCH3 is 1. The largest absolute Gasteiger partial charge is 0.480 e. The first-order chi connectivity index (χ1) is 10.4.